The van der Waals surface area contributed by atoms with Gasteiger partial charge in [0.05, 0.1) is 16.7 Å². The van der Waals surface area contributed by atoms with Crippen LogP contribution in [0.5, 0.6) is 0 Å². The van der Waals surface area contributed by atoms with Gasteiger partial charge >= 0.3 is 5.63 Å². The third kappa shape index (κ3) is 3.62. The van der Waals surface area contributed by atoms with Gasteiger partial charge in [-0.25, -0.2) is 13.2 Å². The molecule has 0 aliphatic carbocycles. The lowest BCUT2D eigenvalue weighted by molar-refractivity contribution is 0.513. The van der Waals surface area contributed by atoms with E-state index in [9.17, 15) is 13.2 Å². The van der Waals surface area contributed by atoms with Gasteiger partial charge in [0.25, 0.3) is 0 Å². The zero-order valence-electron chi connectivity index (χ0n) is 12.6. The molecular formula is C16H18O4S2. The highest BCUT2D eigenvalue weighted by Crippen LogP contribution is 2.29. The molecule has 0 fully saturated rings. The van der Waals surface area contributed by atoms with Crippen molar-refractivity contribution in [2.45, 2.75) is 35.5 Å². The molecule has 0 N–H and O–H groups in total. The Balaban J connectivity index is 2.45. The lowest BCUT2D eigenvalue weighted by atomic mass is 10.1. The van der Waals surface area contributed by atoms with Crippen LogP contribution in [0.25, 0.3) is 11.1 Å². The van der Waals surface area contributed by atoms with E-state index in [2.05, 4.69) is 0 Å². The van der Waals surface area contributed by atoms with Gasteiger partial charge in [-0.1, -0.05) is 26.0 Å². The first-order valence-corrected chi connectivity index (χ1v) is 9.39. The van der Waals surface area contributed by atoms with Gasteiger partial charge in [0, 0.05) is 5.25 Å². The van der Waals surface area contributed by atoms with Gasteiger partial charge < -0.3 is 4.42 Å². The molecule has 6 heteroatoms. The van der Waals surface area contributed by atoms with Crippen molar-refractivity contribution in [3.63, 3.8) is 0 Å². The molecule has 0 saturated heterocycles. The van der Waals surface area contributed by atoms with Crippen molar-refractivity contribution < 1.29 is 12.8 Å². The van der Waals surface area contributed by atoms with Crippen molar-refractivity contribution in [2.24, 2.45) is 0 Å². The molecule has 0 bridgehead atoms. The second-order valence-electron chi connectivity index (χ2n) is 5.14. The van der Waals surface area contributed by atoms with Gasteiger partial charge in [-0.05, 0) is 36.8 Å². The molecule has 4 nitrogen and oxygen atoms in total. The molecule has 1 aromatic carbocycles. The summed E-state index contributed by atoms with van der Waals surface area (Å²) in [4.78, 5) is 12.0. The quantitative estimate of drug-likeness (QED) is 0.834. The Morgan fingerprint density at radius 3 is 2.45 bits per heavy atom. The van der Waals surface area contributed by atoms with Crippen LogP contribution in [-0.4, -0.2) is 18.2 Å². The number of rotatable bonds is 5. The van der Waals surface area contributed by atoms with Crippen LogP contribution in [0.3, 0.4) is 0 Å². The molecule has 0 saturated carbocycles. The summed E-state index contributed by atoms with van der Waals surface area (Å²) in [5.74, 6) is 0. The maximum Gasteiger partial charge on any atom is 0.343 e. The first-order valence-electron chi connectivity index (χ1n) is 6.90. The van der Waals surface area contributed by atoms with Gasteiger partial charge in [0.2, 0.25) is 0 Å². The van der Waals surface area contributed by atoms with E-state index in [1.54, 1.807) is 37.3 Å². The Bertz CT molecular complexity index is 807. The Hall–Kier alpha value is -1.53. The van der Waals surface area contributed by atoms with Crippen molar-refractivity contribution >= 4 is 21.6 Å². The fraction of sp³-hybridized carbons (Fsp3) is 0.312. The highest BCUT2D eigenvalue weighted by Gasteiger charge is 2.25. The lowest BCUT2D eigenvalue weighted by Gasteiger charge is -2.15. The van der Waals surface area contributed by atoms with Crippen molar-refractivity contribution in [1.82, 2.24) is 0 Å². The number of hydrogen-bond acceptors (Lipinski definition) is 5. The maximum absolute atomic E-state index is 12.6. The van der Waals surface area contributed by atoms with Crippen LogP contribution < -0.4 is 5.63 Å². The Kier molecular flexibility index (Phi) is 5.13. The maximum atomic E-state index is 12.6. The molecule has 118 valence electrons. The van der Waals surface area contributed by atoms with Crippen LogP contribution in [-0.2, 0) is 9.84 Å². The second kappa shape index (κ2) is 6.71. The predicted octanol–water partition coefficient (Wildman–Crippen LogP) is 3.57. The van der Waals surface area contributed by atoms with Crippen LogP contribution in [0.15, 0.2) is 56.8 Å². The van der Waals surface area contributed by atoms with Gasteiger partial charge in [0.15, 0.2) is 9.84 Å². The number of benzene rings is 1. The fourth-order valence-electron chi connectivity index (χ4n) is 2.07. The normalized spacial score (nSPS) is 13.3. The van der Waals surface area contributed by atoms with E-state index in [0.29, 0.717) is 11.1 Å². The molecule has 0 amide bonds. The summed E-state index contributed by atoms with van der Waals surface area (Å²) in [5.41, 5.74) is 0.405. The SMILES string of the molecule is CC(C)SC(C)S(=O)(=O)c1cccc(-c2cccoc2=O)c1. The van der Waals surface area contributed by atoms with E-state index in [0.717, 1.165) is 0 Å². The highest BCUT2D eigenvalue weighted by atomic mass is 32.3. The zero-order valence-corrected chi connectivity index (χ0v) is 14.3. The summed E-state index contributed by atoms with van der Waals surface area (Å²) >= 11 is 1.39. The van der Waals surface area contributed by atoms with Crippen LogP contribution in [0.1, 0.15) is 20.8 Å². The minimum atomic E-state index is -3.45. The standard InChI is InChI=1S/C16H18O4S2/c1-11(2)21-12(3)22(18,19)14-7-4-6-13(10-14)15-8-5-9-20-16(15)17/h4-12H,1-3H3. The Morgan fingerprint density at radius 2 is 1.82 bits per heavy atom. The Labute approximate surface area is 134 Å². The number of sulfone groups is 1. The minimum absolute atomic E-state index is 0.217. The molecule has 1 aromatic heterocycles. The van der Waals surface area contributed by atoms with E-state index < -0.39 is 20.0 Å². The molecule has 1 unspecified atom stereocenters. The smallest absolute Gasteiger partial charge is 0.343 e. The van der Waals surface area contributed by atoms with Crippen molar-refractivity contribution in [2.75, 3.05) is 0 Å². The highest BCUT2D eigenvalue weighted by molar-refractivity contribution is 8.13. The summed E-state index contributed by atoms with van der Waals surface area (Å²) in [6, 6.07) is 9.64. The third-order valence-corrected chi connectivity index (χ3v) is 6.92. The van der Waals surface area contributed by atoms with Crippen LogP contribution in [0, 0.1) is 0 Å². The molecule has 2 aromatic rings. The molecule has 0 radical (unpaired) electrons. The van der Waals surface area contributed by atoms with E-state index in [1.165, 1.54) is 24.1 Å². The molecule has 0 aliphatic heterocycles. The van der Waals surface area contributed by atoms with E-state index in [-0.39, 0.29) is 10.1 Å². The van der Waals surface area contributed by atoms with Gasteiger partial charge in [0.1, 0.15) is 4.58 Å². The summed E-state index contributed by atoms with van der Waals surface area (Å²) < 4.78 is 29.5. The van der Waals surface area contributed by atoms with E-state index in [1.807, 2.05) is 13.8 Å². The lowest BCUT2D eigenvalue weighted by Crippen LogP contribution is -2.16. The molecule has 1 atom stereocenters. The minimum Gasteiger partial charge on any atom is -0.431 e. The number of hydrogen-bond donors (Lipinski definition) is 0. The van der Waals surface area contributed by atoms with Crippen LogP contribution >= 0.6 is 11.8 Å². The average molecular weight is 338 g/mol. The predicted molar refractivity (Wildman–Crippen MR) is 89.8 cm³/mol. The molecule has 1 heterocycles. The van der Waals surface area contributed by atoms with Crippen LogP contribution in [0.4, 0.5) is 0 Å². The monoisotopic (exact) mass is 338 g/mol. The molecule has 2 rings (SSSR count). The fourth-order valence-corrected chi connectivity index (χ4v) is 5.37. The topological polar surface area (TPSA) is 64.3 Å². The van der Waals surface area contributed by atoms with Crippen molar-refractivity contribution in [3.05, 3.63) is 53.1 Å². The summed E-state index contributed by atoms with van der Waals surface area (Å²) in [6.45, 7) is 5.61. The Morgan fingerprint density at radius 1 is 1.09 bits per heavy atom. The second-order valence-corrected chi connectivity index (χ2v) is 9.63. The molecule has 0 aliphatic rings. The molecular weight excluding hydrogens is 320 g/mol. The van der Waals surface area contributed by atoms with E-state index >= 15 is 0 Å². The first-order chi connectivity index (χ1) is 10.3. The van der Waals surface area contributed by atoms with E-state index in [4.69, 9.17) is 4.42 Å². The summed E-state index contributed by atoms with van der Waals surface area (Å²) in [7, 11) is -3.45. The molecule has 22 heavy (non-hydrogen) atoms. The zero-order chi connectivity index (χ0) is 16.3. The summed E-state index contributed by atoms with van der Waals surface area (Å²) in [5, 5.41) is 0.217. The van der Waals surface area contributed by atoms with Crippen molar-refractivity contribution in [3.8, 4) is 11.1 Å². The number of thioether (sulfide) groups is 1. The van der Waals surface area contributed by atoms with Gasteiger partial charge in [-0.15, -0.1) is 11.8 Å². The average Bonchev–Trinajstić information content (AvgIpc) is 2.47. The van der Waals surface area contributed by atoms with Gasteiger partial charge in [-0.3, -0.25) is 0 Å². The summed E-state index contributed by atoms with van der Waals surface area (Å²) in [6.07, 6.45) is 1.30. The van der Waals surface area contributed by atoms with Crippen LogP contribution in [0.2, 0.25) is 0 Å². The van der Waals surface area contributed by atoms with Gasteiger partial charge in [-0.2, -0.15) is 0 Å². The van der Waals surface area contributed by atoms with Crippen molar-refractivity contribution in [1.29, 1.82) is 0 Å². The third-order valence-electron chi connectivity index (χ3n) is 3.11. The molecule has 0 spiro atoms. The largest absolute Gasteiger partial charge is 0.431 e. The first kappa shape index (κ1) is 16.8.